The number of nitrogens with one attached hydrogen (secondary N) is 1. The molecule has 0 saturated carbocycles. The fourth-order valence-corrected chi connectivity index (χ4v) is 2.82. The van der Waals surface area contributed by atoms with Crippen LogP contribution in [-0.2, 0) is 17.4 Å². The third-order valence-electron chi connectivity index (χ3n) is 3.27. The van der Waals surface area contributed by atoms with Crippen LogP contribution >= 0.6 is 11.3 Å². The molecular weight excluding hydrogens is 337 g/mol. The fraction of sp³-hybridized carbons (Fsp3) is 0.294. The van der Waals surface area contributed by atoms with Gasteiger partial charge in [-0.3, -0.25) is 4.79 Å². The number of nitrogens with zero attached hydrogens (tertiary/aromatic N) is 1. The Morgan fingerprint density at radius 2 is 2.04 bits per heavy atom. The lowest BCUT2D eigenvalue weighted by Crippen LogP contribution is -2.17. The lowest BCUT2D eigenvalue weighted by atomic mass is 10.1. The predicted octanol–water partition coefficient (Wildman–Crippen LogP) is 4.63. The zero-order valence-corrected chi connectivity index (χ0v) is 13.7. The Balaban J connectivity index is 1.72. The third-order valence-corrected chi connectivity index (χ3v) is 4.21. The summed E-state index contributed by atoms with van der Waals surface area (Å²) in [5, 5.41) is 5.72. The summed E-state index contributed by atoms with van der Waals surface area (Å²) in [5.41, 5.74) is 1.87. The highest BCUT2D eigenvalue weighted by Crippen LogP contribution is 2.29. The van der Waals surface area contributed by atoms with E-state index in [-0.39, 0.29) is 11.5 Å². The van der Waals surface area contributed by atoms with Crippen molar-refractivity contribution in [1.82, 2.24) is 5.43 Å². The van der Waals surface area contributed by atoms with Gasteiger partial charge in [0, 0.05) is 11.3 Å². The number of benzene rings is 1. The van der Waals surface area contributed by atoms with Crippen LogP contribution in [-0.4, -0.2) is 12.1 Å². The number of thiophene rings is 1. The molecule has 0 unspecified atom stereocenters. The van der Waals surface area contributed by atoms with Gasteiger partial charge in [0.15, 0.2) is 0 Å². The maximum Gasteiger partial charge on any atom is 0.416 e. The minimum atomic E-state index is -4.39. The first-order valence-corrected chi connectivity index (χ1v) is 8.34. The van der Waals surface area contributed by atoms with Crippen molar-refractivity contribution in [3.8, 4) is 0 Å². The van der Waals surface area contributed by atoms with Crippen molar-refractivity contribution in [3.63, 3.8) is 0 Å². The number of hydrogen-bond donors (Lipinski definition) is 1. The van der Waals surface area contributed by atoms with Gasteiger partial charge in [-0.25, -0.2) is 5.43 Å². The highest BCUT2D eigenvalue weighted by molar-refractivity contribution is 7.09. The van der Waals surface area contributed by atoms with Gasteiger partial charge in [-0.15, -0.1) is 11.3 Å². The highest BCUT2D eigenvalue weighted by atomic mass is 32.1. The van der Waals surface area contributed by atoms with Crippen molar-refractivity contribution >= 4 is 23.5 Å². The van der Waals surface area contributed by atoms with E-state index in [9.17, 15) is 18.0 Å². The SMILES string of the molecule is O=C(CCCCc1cccs1)N/N=C/c1cccc(C(F)(F)F)c1. The monoisotopic (exact) mass is 354 g/mol. The minimum absolute atomic E-state index is 0.246. The predicted molar refractivity (Wildman–Crippen MR) is 89.1 cm³/mol. The van der Waals surface area contributed by atoms with E-state index in [1.807, 2.05) is 11.4 Å². The Morgan fingerprint density at radius 1 is 1.21 bits per heavy atom. The zero-order chi connectivity index (χ0) is 17.4. The number of aryl methyl sites for hydroxylation is 1. The summed E-state index contributed by atoms with van der Waals surface area (Å²) in [5.74, 6) is -0.246. The van der Waals surface area contributed by atoms with Gasteiger partial charge in [-0.2, -0.15) is 18.3 Å². The van der Waals surface area contributed by atoms with Gasteiger partial charge in [-0.05, 0) is 48.4 Å². The summed E-state index contributed by atoms with van der Waals surface area (Å²) in [6, 6.07) is 8.82. The molecule has 0 saturated heterocycles. The number of rotatable bonds is 7. The number of hydrogen-bond acceptors (Lipinski definition) is 3. The smallest absolute Gasteiger partial charge is 0.273 e. The molecule has 0 aliphatic rings. The van der Waals surface area contributed by atoms with E-state index in [1.165, 1.54) is 23.2 Å². The number of carbonyl (C=O) groups excluding carboxylic acids is 1. The van der Waals surface area contributed by atoms with E-state index in [2.05, 4.69) is 16.6 Å². The molecule has 3 nitrogen and oxygen atoms in total. The Hall–Kier alpha value is -2.15. The van der Waals surface area contributed by atoms with Gasteiger partial charge in [0.1, 0.15) is 0 Å². The number of amides is 1. The summed E-state index contributed by atoms with van der Waals surface area (Å²) < 4.78 is 37.7. The zero-order valence-electron chi connectivity index (χ0n) is 12.8. The second-order valence-corrected chi connectivity index (χ2v) is 6.24. The molecule has 2 aromatic rings. The number of hydrazone groups is 1. The maximum absolute atomic E-state index is 12.6. The van der Waals surface area contributed by atoms with Crippen molar-refractivity contribution in [1.29, 1.82) is 0 Å². The summed E-state index contributed by atoms with van der Waals surface area (Å²) in [4.78, 5) is 12.9. The first-order valence-electron chi connectivity index (χ1n) is 7.47. The largest absolute Gasteiger partial charge is 0.416 e. The average molecular weight is 354 g/mol. The molecule has 1 heterocycles. The molecule has 0 bridgehead atoms. The molecule has 7 heteroatoms. The van der Waals surface area contributed by atoms with Crippen LogP contribution in [0.5, 0.6) is 0 Å². The Labute approximate surface area is 142 Å². The van der Waals surface area contributed by atoms with Crippen LogP contribution in [0.1, 0.15) is 35.3 Å². The van der Waals surface area contributed by atoms with Crippen LogP contribution < -0.4 is 5.43 Å². The molecule has 24 heavy (non-hydrogen) atoms. The van der Waals surface area contributed by atoms with E-state index in [0.717, 1.165) is 31.4 Å². The Kier molecular flexibility index (Phi) is 6.54. The first-order chi connectivity index (χ1) is 11.4. The van der Waals surface area contributed by atoms with Crippen LogP contribution in [0.4, 0.5) is 13.2 Å². The summed E-state index contributed by atoms with van der Waals surface area (Å²) in [6.45, 7) is 0. The molecule has 0 aliphatic heterocycles. The molecule has 2 rings (SSSR count). The molecule has 1 amide bonds. The fourth-order valence-electron chi connectivity index (χ4n) is 2.07. The lowest BCUT2D eigenvalue weighted by molar-refractivity contribution is -0.137. The molecule has 1 aromatic carbocycles. The normalized spacial score (nSPS) is 11.8. The van der Waals surface area contributed by atoms with E-state index >= 15 is 0 Å². The topological polar surface area (TPSA) is 41.5 Å². The first kappa shape index (κ1) is 18.2. The van der Waals surface area contributed by atoms with Gasteiger partial charge >= 0.3 is 6.18 Å². The van der Waals surface area contributed by atoms with E-state index in [1.54, 1.807) is 11.3 Å². The van der Waals surface area contributed by atoms with E-state index in [4.69, 9.17) is 0 Å². The minimum Gasteiger partial charge on any atom is -0.273 e. The number of alkyl halides is 3. The second-order valence-electron chi connectivity index (χ2n) is 5.20. The molecule has 0 fully saturated rings. The van der Waals surface area contributed by atoms with Crippen LogP contribution in [0.15, 0.2) is 46.9 Å². The lowest BCUT2D eigenvalue weighted by Gasteiger charge is -2.06. The maximum atomic E-state index is 12.6. The van der Waals surface area contributed by atoms with Crippen molar-refractivity contribution < 1.29 is 18.0 Å². The highest BCUT2D eigenvalue weighted by Gasteiger charge is 2.30. The van der Waals surface area contributed by atoms with Crippen molar-refractivity contribution in [2.24, 2.45) is 5.10 Å². The molecule has 1 N–H and O–H groups in total. The van der Waals surface area contributed by atoms with Gasteiger partial charge in [0.05, 0.1) is 11.8 Å². The van der Waals surface area contributed by atoms with Gasteiger partial charge in [0.2, 0.25) is 5.91 Å². The standard InChI is InChI=1S/C17H17F3N2OS/c18-17(19,20)14-6-3-5-13(11-14)12-21-22-16(23)9-2-1-7-15-8-4-10-24-15/h3-6,8,10-12H,1-2,7,9H2,(H,22,23)/b21-12+. The molecule has 0 aliphatic carbocycles. The number of halogens is 3. The molecule has 1 aromatic heterocycles. The second kappa shape index (κ2) is 8.63. The van der Waals surface area contributed by atoms with Gasteiger partial charge in [-0.1, -0.05) is 18.2 Å². The van der Waals surface area contributed by atoms with Crippen molar-refractivity contribution in [2.45, 2.75) is 31.9 Å². The molecule has 0 radical (unpaired) electrons. The number of carbonyl (C=O) groups is 1. The van der Waals surface area contributed by atoms with Crippen LogP contribution in [0.2, 0.25) is 0 Å². The summed E-state index contributed by atoms with van der Waals surface area (Å²) >= 11 is 1.69. The van der Waals surface area contributed by atoms with Crippen molar-refractivity contribution in [2.75, 3.05) is 0 Å². The van der Waals surface area contributed by atoms with Gasteiger partial charge < -0.3 is 0 Å². The number of unbranched alkanes of at least 4 members (excludes halogenated alkanes) is 1. The van der Waals surface area contributed by atoms with Crippen LogP contribution in [0.25, 0.3) is 0 Å². The molecular formula is C17H17F3N2OS. The Morgan fingerprint density at radius 3 is 2.75 bits per heavy atom. The van der Waals surface area contributed by atoms with E-state index in [0.29, 0.717) is 6.42 Å². The van der Waals surface area contributed by atoms with Crippen LogP contribution in [0.3, 0.4) is 0 Å². The molecule has 0 spiro atoms. The summed E-state index contributed by atoms with van der Waals surface area (Å²) in [7, 11) is 0. The third kappa shape index (κ3) is 6.16. The quantitative estimate of drug-likeness (QED) is 0.440. The van der Waals surface area contributed by atoms with Gasteiger partial charge in [0.25, 0.3) is 0 Å². The van der Waals surface area contributed by atoms with Crippen molar-refractivity contribution in [3.05, 3.63) is 57.8 Å². The summed E-state index contributed by atoms with van der Waals surface area (Å²) in [6.07, 6.45) is -0.258. The Bertz CT molecular complexity index is 681. The molecule has 0 atom stereocenters. The average Bonchev–Trinajstić information content (AvgIpc) is 3.04. The van der Waals surface area contributed by atoms with Crippen LogP contribution in [0, 0.1) is 0 Å². The molecule has 128 valence electrons. The van der Waals surface area contributed by atoms with E-state index < -0.39 is 11.7 Å².